The van der Waals surface area contributed by atoms with E-state index < -0.39 is 0 Å². The maximum atomic E-state index is 6.08. The summed E-state index contributed by atoms with van der Waals surface area (Å²) in [6.07, 6.45) is 4.63. The molecule has 1 saturated heterocycles. The van der Waals surface area contributed by atoms with Crippen LogP contribution in [0.2, 0.25) is 0 Å². The number of rotatable bonds is 5. The normalized spacial score (nSPS) is 30.8. The topological polar surface area (TPSA) is 34.6 Å². The SMILES string of the molecule is COCCN1C[C@H]2CC[C@H]1[C@@H]2Oc1ccccn1. The number of hydrogen-bond donors (Lipinski definition) is 0. The number of aromatic nitrogens is 1. The fourth-order valence-corrected chi connectivity index (χ4v) is 3.25. The predicted molar refractivity (Wildman–Crippen MR) is 68.6 cm³/mol. The Morgan fingerprint density at radius 1 is 1.39 bits per heavy atom. The fraction of sp³-hybridized carbons (Fsp3) is 0.643. The van der Waals surface area contributed by atoms with Crippen molar-refractivity contribution in [3.63, 3.8) is 0 Å². The van der Waals surface area contributed by atoms with Crippen LogP contribution in [0.1, 0.15) is 12.8 Å². The van der Waals surface area contributed by atoms with Gasteiger partial charge < -0.3 is 9.47 Å². The molecule has 2 heterocycles. The van der Waals surface area contributed by atoms with Gasteiger partial charge in [-0.1, -0.05) is 6.07 Å². The number of piperidine rings is 1. The fourth-order valence-electron chi connectivity index (χ4n) is 3.25. The van der Waals surface area contributed by atoms with Crippen LogP contribution in [0.15, 0.2) is 24.4 Å². The molecule has 4 heteroatoms. The molecular formula is C14H20N2O2. The minimum absolute atomic E-state index is 0.316. The zero-order chi connectivity index (χ0) is 12.4. The molecule has 0 unspecified atom stereocenters. The molecule has 1 saturated carbocycles. The number of likely N-dealkylation sites (tertiary alicyclic amines) is 1. The van der Waals surface area contributed by atoms with Crippen molar-refractivity contribution in [1.82, 2.24) is 9.88 Å². The van der Waals surface area contributed by atoms with Gasteiger partial charge in [-0.05, 0) is 18.9 Å². The zero-order valence-corrected chi connectivity index (χ0v) is 10.8. The molecule has 1 aliphatic carbocycles. The molecule has 4 nitrogen and oxygen atoms in total. The largest absolute Gasteiger partial charge is 0.472 e. The third kappa shape index (κ3) is 2.22. The van der Waals surface area contributed by atoms with Gasteiger partial charge >= 0.3 is 0 Å². The van der Waals surface area contributed by atoms with Crippen molar-refractivity contribution in [2.75, 3.05) is 26.8 Å². The van der Waals surface area contributed by atoms with Crippen molar-refractivity contribution in [2.24, 2.45) is 5.92 Å². The van der Waals surface area contributed by atoms with E-state index in [0.717, 1.165) is 25.6 Å². The maximum absolute atomic E-state index is 6.08. The summed E-state index contributed by atoms with van der Waals surface area (Å²) in [5.74, 6) is 1.42. The summed E-state index contributed by atoms with van der Waals surface area (Å²) >= 11 is 0. The molecule has 2 aliphatic rings. The first-order chi connectivity index (χ1) is 8.88. The molecule has 0 amide bonds. The van der Waals surface area contributed by atoms with E-state index in [9.17, 15) is 0 Å². The smallest absolute Gasteiger partial charge is 0.213 e. The van der Waals surface area contributed by atoms with Crippen LogP contribution in [-0.4, -0.2) is 48.8 Å². The lowest BCUT2D eigenvalue weighted by Gasteiger charge is -2.26. The van der Waals surface area contributed by atoms with Crippen molar-refractivity contribution in [3.05, 3.63) is 24.4 Å². The van der Waals surface area contributed by atoms with Gasteiger partial charge in [0.2, 0.25) is 5.88 Å². The number of nitrogens with zero attached hydrogens (tertiary/aromatic N) is 2. The van der Waals surface area contributed by atoms with E-state index in [1.54, 1.807) is 13.3 Å². The summed E-state index contributed by atoms with van der Waals surface area (Å²) < 4.78 is 11.2. The zero-order valence-electron chi connectivity index (χ0n) is 10.8. The van der Waals surface area contributed by atoms with Crippen molar-refractivity contribution in [2.45, 2.75) is 25.0 Å². The highest BCUT2D eigenvalue weighted by molar-refractivity contribution is 5.12. The molecule has 3 rings (SSSR count). The molecule has 2 bridgehead atoms. The van der Waals surface area contributed by atoms with Crippen LogP contribution in [-0.2, 0) is 4.74 Å². The first-order valence-corrected chi connectivity index (χ1v) is 6.69. The lowest BCUT2D eigenvalue weighted by atomic mass is 10.1. The van der Waals surface area contributed by atoms with E-state index in [2.05, 4.69) is 9.88 Å². The average Bonchev–Trinajstić information content (AvgIpc) is 2.94. The summed E-state index contributed by atoms with van der Waals surface area (Å²) in [7, 11) is 1.76. The van der Waals surface area contributed by atoms with E-state index in [1.165, 1.54) is 12.8 Å². The van der Waals surface area contributed by atoms with Crippen LogP contribution < -0.4 is 4.74 Å². The summed E-state index contributed by atoms with van der Waals surface area (Å²) in [5, 5.41) is 0. The number of pyridine rings is 1. The lowest BCUT2D eigenvalue weighted by Crippen LogP contribution is -2.38. The molecule has 98 valence electrons. The molecule has 0 aromatic carbocycles. The summed E-state index contributed by atoms with van der Waals surface area (Å²) in [6, 6.07) is 6.38. The first kappa shape index (κ1) is 11.9. The molecule has 1 aliphatic heterocycles. The molecule has 18 heavy (non-hydrogen) atoms. The van der Waals surface area contributed by atoms with E-state index in [0.29, 0.717) is 18.1 Å². The Morgan fingerprint density at radius 2 is 2.33 bits per heavy atom. The third-order valence-corrected chi connectivity index (χ3v) is 4.09. The van der Waals surface area contributed by atoms with Crippen LogP contribution in [0.3, 0.4) is 0 Å². The monoisotopic (exact) mass is 248 g/mol. The van der Waals surface area contributed by atoms with Gasteiger partial charge in [-0.3, -0.25) is 4.90 Å². The highest BCUT2D eigenvalue weighted by Crippen LogP contribution is 2.39. The summed E-state index contributed by atoms with van der Waals surface area (Å²) in [5.41, 5.74) is 0. The predicted octanol–water partition coefficient (Wildman–Crippen LogP) is 1.57. The first-order valence-electron chi connectivity index (χ1n) is 6.69. The van der Waals surface area contributed by atoms with Crippen LogP contribution in [0.4, 0.5) is 0 Å². The molecule has 2 fully saturated rings. The van der Waals surface area contributed by atoms with Gasteiger partial charge in [0.25, 0.3) is 0 Å². The maximum Gasteiger partial charge on any atom is 0.213 e. The summed E-state index contributed by atoms with van der Waals surface area (Å²) in [6.45, 7) is 2.96. The number of fused-ring (bicyclic) bond motifs is 2. The van der Waals surface area contributed by atoms with Gasteiger partial charge in [0.1, 0.15) is 6.10 Å². The minimum atomic E-state index is 0.316. The number of ether oxygens (including phenoxy) is 2. The van der Waals surface area contributed by atoms with E-state index in [-0.39, 0.29) is 0 Å². The van der Waals surface area contributed by atoms with Gasteiger partial charge in [0, 0.05) is 44.4 Å². The Labute approximate surface area is 108 Å². The number of hydrogen-bond acceptors (Lipinski definition) is 4. The van der Waals surface area contributed by atoms with Crippen LogP contribution in [0, 0.1) is 5.92 Å². The highest BCUT2D eigenvalue weighted by Gasteiger charge is 2.48. The summed E-state index contributed by atoms with van der Waals surface area (Å²) in [4.78, 5) is 6.77. The molecule has 0 spiro atoms. The Morgan fingerprint density at radius 3 is 3.11 bits per heavy atom. The molecular weight excluding hydrogens is 228 g/mol. The second-order valence-electron chi connectivity index (χ2n) is 5.14. The Kier molecular flexibility index (Phi) is 3.48. The van der Waals surface area contributed by atoms with Crippen molar-refractivity contribution >= 4 is 0 Å². The van der Waals surface area contributed by atoms with Crippen molar-refractivity contribution in [3.8, 4) is 5.88 Å². The lowest BCUT2D eigenvalue weighted by molar-refractivity contribution is 0.108. The van der Waals surface area contributed by atoms with Crippen molar-refractivity contribution < 1.29 is 9.47 Å². The molecule has 0 radical (unpaired) electrons. The van der Waals surface area contributed by atoms with E-state index in [4.69, 9.17) is 9.47 Å². The van der Waals surface area contributed by atoms with Gasteiger partial charge in [-0.2, -0.15) is 0 Å². The second-order valence-corrected chi connectivity index (χ2v) is 5.14. The van der Waals surface area contributed by atoms with Crippen LogP contribution >= 0.6 is 0 Å². The quantitative estimate of drug-likeness (QED) is 0.792. The molecule has 0 N–H and O–H groups in total. The van der Waals surface area contributed by atoms with E-state index in [1.807, 2.05) is 18.2 Å². The van der Waals surface area contributed by atoms with Crippen LogP contribution in [0.5, 0.6) is 5.88 Å². The van der Waals surface area contributed by atoms with Crippen molar-refractivity contribution in [1.29, 1.82) is 0 Å². The Bertz CT molecular complexity index is 385. The minimum Gasteiger partial charge on any atom is -0.472 e. The molecule has 3 atom stereocenters. The third-order valence-electron chi connectivity index (χ3n) is 4.09. The van der Waals surface area contributed by atoms with Gasteiger partial charge in [0.05, 0.1) is 6.61 Å². The number of methoxy groups -OCH3 is 1. The second kappa shape index (κ2) is 5.24. The Balaban J connectivity index is 1.64. The van der Waals surface area contributed by atoms with Gasteiger partial charge in [-0.15, -0.1) is 0 Å². The molecule has 1 aromatic heterocycles. The van der Waals surface area contributed by atoms with Gasteiger partial charge in [0.15, 0.2) is 0 Å². The molecule has 1 aromatic rings. The highest BCUT2D eigenvalue weighted by atomic mass is 16.5. The van der Waals surface area contributed by atoms with E-state index >= 15 is 0 Å². The Hall–Kier alpha value is -1.13. The van der Waals surface area contributed by atoms with Gasteiger partial charge in [-0.25, -0.2) is 4.98 Å². The standard InChI is InChI=1S/C14H20N2O2/c1-17-9-8-16-10-11-5-6-12(16)14(11)18-13-4-2-3-7-15-13/h2-4,7,11-12,14H,5-6,8-10H2,1H3/t11-,12+,14-/m1/s1. The average molecular weight is 248 g/mol. The van der Waals surface area contributed by atoms with Crippen LogP contribution in [0.25, 0.3) is 0 Å².